The summed E-state index contributed by atoms with van der Waals surface area (Å²) in [5, 5.41) is 2.01. The lowest BCUT2D eigenvalue weighted by Gasteiger charge is -2.29. The van der Waals surface area contributed by atoms with Crippen molar-refractivity contribution in [1.82, 2.24) is 0 Å². The van der Waals surface area contributed by atoms with E-state index >= 15 is 0 Å². The standard InChI is InChI=1S/C25H21ClN2O4/c1-2-31-18-14-12-16(13-15-18)22-21-23(32-28(22)17-8-4-3-5-9-17)25(30)27(24(21)29)20-11-7-6-10-19(20)26/h3-15,21-23H,2H2,1H3. The summed E-state index contributed by atoms with van der Waals surface area (Å²) >= 11 is 6.31. The van der Waals surface area contributed by atoms with Crippen LogP contribution in [-0.2, 0) is 14.4 Å². The van der Waals surface area contributed by atoms with E-state index in [1.165, 1.54) is 0 Å². The molecule has 162 valence electrons. The number of nitrogens with zero attached hydrogens (tertiary/aromatic N) is 2. The van der Waals surface area contributed by atoms with Gasteiger partial charge in [0.05, 0.1) is 29.0 Å². The molecule has 3 atom stereocenters. The number of ether oxygens (including phenoxy) is 1. The van der Waals surface area contributed by atoms with E-state index in [4.69, 9.17) is 21.2 Å². The highest BCUT2D eigenvalue weighted by Gasteiger charge is 2.60. The van der Waals surface area contributed by atoms with E-state index in [0.717, 1.165) is 21.9 Å². The first-order chi connectivity index (χ1) is 15.6. The predicted octanol–water partition coefficient (Wildman–Crippen LogP) is 4.79. The van der Waals surface area contributed by atoms with Gasteiger partial charge in [-0.1, -0.05) is 54.1 Å². The molecule has 2 heterocycles. The number of halogens is 1. The number of carbonyl (C=O) groups is 2. The van der Waals surface area contributed by atoms with Crippen LogP contribution < -0.4 is 14.7 Å². The van der Waals surface area contributed by atoms with Crippen molar-refractivity contribution in [3.05, 3.63) is 89.4 Å². The number of hydrogen-bond donors (Lipinski definition) is 0. The van der Waals surface area contributed by atoms with Crippen molar-refractivity contribution in [1.29, 1.82) is 0 Å². The number of rotatable bonds is 5. The lowest BCUT2D eigenvalue weighted by Crippen LogP contribution is -2.37. The number of anilines is 2. The Morgan fingerprint density at radius 1 is 0.906 bits per heavy atom. The van der Waals surface area contributed by atoms with Gasteiger partial charge >= 0.3 is 0 Å². The molecule has 6 nitrogen and oxygen atoms in total. The molecule has 0 radical (unpaired) electrons. The van der Waals surface area contributed by atoms with Crippen molar-refractivity contribution in [3.8, 4) is 5.75 Å². The summed E-state index contributed by atoms with van der Waals surface area (Å²) in [5.74, 6) is -0.714. The summed E-state index contributed by atoms with van der Waals surface area (Å²) in [7, 11) is 0. The number of imide groups is 1. The molecule has 2 saturated heterocycles. The van der Waals surface area contributed by atoms with E-state index in [2.05, 4.69) is 0 Å². The van der Waals surface area contributed by atoms with Gasteiger partial charge in [0, 0.05) is 0 Å². The highest BCUT2D eigenvalue weighted by molar-refractivity contribution is 6.36. The molecule has 0 spiro atoms. The minimum atomic E-state index is -0.935. The Morgan fingerprint density at radius 3 is 2.28 bits per heavy atom. The molecule has 0 saturated carbocycles. The zero-order chi connectivity index (χ0) is 22.2. The third-order valence-corrected chi connectivity index (χ3v) is 6.07. The maximum Gasteiger partial charge on any atom is 0.266 e. The van der Waals surface area contributed by atoms with E-state index in [1.807, 2.05) is 61.5 Å². The second-order valence-electron chi connectivity index (χ2n) is 7.62. The van der Waals surface area contributed by atoms with Crippen LogP contribution in [0, 0.1) is 5.92 Å². The number of carbonyl (C=O) groups excluding carboxylic acids is 2. The van der Waals surface area contributed by atoms with E-state index in [0.29, 0.717) is 17.3 Å². The first-order valence-corrected chi connectivity index (χ1v) is 10.8. The number of para-hydroxylation sites is 2. The highest BCUT2D eigenvalue weighted by Crippen LogP contribution is 2.48. The number of hydroxylamine groups is 1. The predicted molar refractivity (Wildman–Crippen MR) is 122 cm³/mol. The monoisotopic (exact) mass is 448 g/mol. The Kier molecular flexibility index (Phi) is 5.33. The fourth-order valence-electron chi connectivity index (χ4n) is 4.35. The van der Waals surface area contributed by atoms with E-state index in [-0.39, 0.29) is 5.91 Å². The third-order valence-electron chi connectivity index (χ3n) is 5.75. The van der Waals surface area contributed by atoms with Gasteiger partial charge in [0.1, 0.15) is 11.7 Å². The van der Waals surface area contributed by atoms with Crippen molar-refractivity contribution >= 4 is 34.8 Å². The molecule has 3 unspecified atom stereocenters. The Labute approximate surface area is 190 Å². The summed E-state index contributed by atoms with van der Waals surface area (Å²) < 4.78 is 5.56. The fourth-order valence-corrected chi connectivity index (χ4v) is 4.57. The molecule has 2 aliphatic heterocycles. The van der Waals surface area contributed by atoms with Gasteiger partial charge in [-0.25, -0.2) is 9.96 Å². The Balaban J connectivity index is 1.57. The Hall–Kier alpha value is -3.35. The second kappa shape index (κ2) is 8.30. The number of hydrogen-bond acceptors (Lipinski definition) is 5. The van der Waals surface area contributed by atoms with Crippen LogP contribution in [-0.4, -0.2) is 24.5 Å². The van der Waals surface area contributed by atoms with Crippen molar-refractivity contribution in [2.45, 2.75) is 19.1 Å². The molecule has 3 aromatic rings. The van der Waals surface area contributed by atoms with Crippen LogP contribution in [0.2, 0.25) is 5.02 Å². The smallest absolute Gasteiger partial charge is 0.266 e. The molecule has 0 N–H and O–H groups in total. The Morgan fingerprint density at radius 2 is 1.59 bits per heavy atom. The first kappa shape index (κ1) is 20.5. The van der Waals surface area contributed by atoms with E-state index in [9.17, 15) is 9.59 Å². The van der Waals surface area contributed by atoms with Crippen molar-refractivity contribution in [2.24, 2.45) is 5.92 Å². The molecule has 0 aliphatic carbocycles. The van der Waals surface area contributed by atoms with Crippen LogP contribution in [0.25, 0.3) is 0 Å². The first-order valence-electron chi connectivity index (χ1n) is 10.5. The fraction of sp³-hybridized carbons (Fsp3) is 0.200. The quantitative estimate of drug-likeness (QED) is 0.525. The number of benzene rings is 3. The normalized spacial score (nSPS) is 22.4. The lowest BCUT2D eigenvalue weighted by molar-refractivity contribution is -0.126. The molecular formula is C25H21ClN2O4. The van der Waals surface area contributed by atoms with Crippen LogP contribution >= 0.6 is 11.6 Å². The van der Waals surface area contributed by atoms with Gasteiger partial charge < -0.3 is 4.74 Å². The molecule has 2 amide bonds. The minimum Gasteiger partial charge on any atom is -0.494 e. The molecular weight excluding hydrogens is 428 g/mol. The van der Waals surface area contributed by atoms with Crippen LogP contribution in [0.4, 0.5) is 11.4 Å². The topological polar surface area (TPSA) is 59.1 Å². The zero-order valence-corrected chi connectivity index (χ0v) is 18.1. The second-order valence-corrected chi connectivity index (χ2v) is 8.03. The minimum absolute atomic E-state index is 0.328. The van der Waals surface area contributed by atoms with Crippen molar-refractivity contribution in [3.63, 3.8) is 0 Å². The van der Waals surface area contributed by atoms with Gasteiger partial charge in [-0.15, -0.1) is 0 Å². The van der Waals surface area contributed by atoms with Crippen molar-refractivity contribution < 1.29 is 19.2 Å². The average molecular weight is 449 g/mol. The zero-order valence-electron chi connectivity index (χ0n) is 17.4. The molecule has 2 aliphatic rings. The summed E-state index contributed by atoms with van der Waals surface area (Å²) in [6.45, 7) is 2.49. The van der Waals surface area contributed by atoms with Gasteiger partial charge in [-0.3, -0.25) is 14.4 Å². The van der Waals surface area contributed by atoms with Gasteiger partial charge in [0.2, 0.25) is 5.91 Å². The van der Waals surface area contributed by atoms with Crippen LogP contribution in [0.3, 0.4) is 0 Å². The summed E-state index contributed by atoms with van der Waals surface area (Å²) in [5.41, 5.74) is 2.00. The van der Waals surface area contributed by atoms with Crippen LogP contribution in [0.1, 0.15) is 18.5 Å². The molecule has 32 heavy (non-hydrogen) atoms. The van der Waals surface area contributed by atoms with Crippen LogP contribution in [0.5, 0.6) is 5.75 Å². The molecule has 0 aromatic heterocycles. The molecule has 2 fully saturated rings. The van der Waals surface area contributed by atoms with Gasteiger partial charge in [-0.05, 0) is 48.9 Å². The highest BCUT2D eigenvalue weighted by atomic mass is 35.5. The number of amides is 2. The third kappa shape index (κ3) is 3.32. The SMILES string of the molecule is CCOc1ccc(C2C3C(=O)N(c4ccccc4Cl)C(=O)C3ON2c2ccccc2)cc1. The molecule has 0 bridgehead atoms. The Bertz CT molecular complexity index is 1150. The van der Waals surface area contributed by atoms with Gasteiger partial charge in [-0.2, -0.15) is 0 Å². The maximum atomic E-state index is 13.6. The molecule has 5 rings (SSSR count). The average Bonchev–Trinajstić information content (AvgIpc) is 3.32. The molecule has 3 aromatic carbocycles. The van der Waals surface area contributed by atoms with E-state index in [1.54, 1.807) is 29.3 Å². The summed E-state index contributed by atoms with van der Waals surface area (Å²) in [4.78, 5) is 34.2. The van der Waals surface area contributed by atoms with Crippen molar-refractivity contribution in [2.75, 3.05) is 16.6 Å². The summed E-state index contributed by atoms with van der Waals surface area (Å²) in [6.07, 6.45) is -0.935. The largest absolute Gasteiger partial charge is 0.494 e. The summed E-state index contributed by atoms with van der Waals surface area (Å²) in [6, 6.07) is 23.4. The van der Waals surface area contributed by atoms with E-state index < -0.39 is 24.0 Å². The number of fused-ring (bicyclic) bond motifs is 1. The maximum absolute atomic E-state index is 13.6. The van der Waals surface area contributed by atoms with Crippen LogP contribution in [0.15, 0.2) is 78.9 Å². The van der Waals surface area contributed by atoms with Gasteiger partial charge in [0.15, 0.2) is 6.10 Å². The molecule has 7 heteroatoms. The van der Waals surface area contributed by atoms with Gasteiger partial charge in [0.25, 0.3) is 5.91 Å². The lowest BCUT2D eigenvalue weighted by atomic mass is 9.90.